The Labute approximate surface area is 166 Å². The van der Waals surface area contributed by atoms with Gasteiger partial charge in [0.2, 0.25) is 5.91 Å². The summed E-state index contributed by atoms with van der Waals surface area (Å²) in [6, 6.07) is 10.4. The molecule has 5 nitrogen and oxygen atoms in total. The smallest absolute Gasteiger partial charge is 0.411 e. The van der Waals surface area contributed by atoms with Crippen LogP contribution in [0.15, 0.2) is 30.3 Å². The summed E-state index contributed by atoms with van der Waals surface area (Å²) in [6.07, 6.45) is 3.74. The minimum absolute atomic E-state index is 0.0472. The number of nitrogens with zero attached hydrogens (tertiary/aromatic N) is 1. The molecule has 1 saturated carbocycles. The first-order valence-electron chi connectivity index (χ1n) is 9.76. The quantitative estimate of drug-likeness (QED) is 0.843. The molecule has 1 aromatic carbocycles. The van der Waals surface area contributed by atoms with E-state index in [1.807, 2.05) is 26.8 Å². The molecule has 1 unspecified atom stereocenters. The molecule has 1 atom stereocenters. The SMILES string of the molecule is CC(C)(C)OC(=O)N1CSCC1C(=O)NC1CCC(c2ccccc2)CC1. The van der Waals surface area contributed by atoms with Crippen LogP contribution in [-0.4, -0.2) is 46.2 Å². The lowest BCUT2D eigenvalue weighted by atomic mass is 9.82. The second kappa shape index (κ2) is 8.55. The van der Waals surface area contributed by atoms with Crippen molar-refractivity contribution in [2.75, 3.05) is 11.6 Å². The summed E-state index contributed by atoms with van der Waals surface area (Å²) in [5, 5.41) is 3.18. The summed E-state index contributed by atoms with van der Waals surface area (Å²) in [5.41, 5.74) is 0.840. The molecule has 2 fully saturated rings. The van der Waals surface area contributed by atoms with Crippen molar-refractivity contribution in [1.82, 2.24) is 10.2 Å². The van der Waals surface area contributed by atoms with Crippen LogP contribution in [0.2, 0.25) is 0 Å². The standard InChI is InChI=1S/C21H30N2O3S/c1-21(2,3)26-20(25)23-14-27-13-18(23)19(24)22-17-11-9-16(10-12-17)15-7-5-4-6-8-15/h4-8,16-18H,9-14H2,1-3H3,(H,22,24). The van der Waals surface area contributed by atoms with Crippen LogP contribution in [0.3, 0.4) is 0 Å². The van der Waals surface area contributed by atoms with Gasteiger partial charge in [-0.05, 0) is 57.9 Å². The predicted molar refractivity (Wildman–Crippen MR) is 109 cm³/mol. The van der Waals surface area contributed by atoms with Crippen LogP contribution < -0.4 is 5.32 Å². The third-order valence-corrected chi connectivity index (χ3v) is 6.17. The van der Waals surface area contributed by atoms with Crippen LogP contribution in [0.25, 0.3) is 0 Å². The molecule has 1 aliphatic carbocycles. The number of carbonyl (C=O) groups is 2. The molecule has 0 spiro atoms. The molecule has 0 aromatic heterocycles. The average Bonchev–Trinajstić information content (AvgIpc) is 3.12. The summed E-state index contributed by atoms with van der Waals surface area (Å²) in [5.74, 6) is 1.67. The molecule has 2 amide bonds. The average molecular weight is 391 g/mol. The zero-order valence-corrected chi connectivity index (χ0v) is 17.3. The van der Waals surface area contributed by atoms with E-state index in [9.17, 15) is 9.59 Å². The summed E-state index contributed by atoms with van der Waals surface area (Å²) >= 11 is 1.60. The Morgan fingerprint density at radius 1 is 1.11 bits per heavy atom. The van der Waals surface area contributed by atoms with E-state index in [0.717, 1.165) is 25.7 Å². The van der Waals surface area contributed by atoms with E-state index < -0.39 is 17.7 Å². The lowest BCUT2D eigenvalue weighted by Crippen LogP contribution is -2.51. The molecule has 1 saturated heterocycles. The minimum atomic E-state index is -0.554. The first-order valence-corrected chi connectivity index (χ1v) is 10.9. The fraction of sp³-hybridized carbons (Fsp3) is 0.619. The maximum atomic E-state index is 12.8. The number of benzene rings is 1. The van der Waals surface area contributed by atoms with E-state index in [1.54, 1.807) is 16.7 Å². The Morgan fingerprint density at radius 3 is 2.41 bits per heavy atom. The number of hydrogen-bond acceptors (Lipinski definition) is 4. The van der Waals surface area contributed by atoms with Crippen molar-refractivity contribution in [1.29, 1.82) is 0 Å². The second-order valence-corrected chi connectivity index (χ2v) is 9.43. The van der Waals surface area contributed by atoms with Crippen molar-refractivity contribution in [2.24, 2.45) is 0 Å². The number of nitrogens with one attached hydrogen (secondary N) is 1. The van der Waals surface area contributed by atoms with Gasteiger partial charge in [-0.15, -0.1) is 11.8 Å². The number of hydrogen-bond donors (Lipinski definition) is 1. The molecule has 1 heterocycles. The zero-order valence-electron chi connectivity index (χ0n) is 16.4. The fourth-order valence-corrected chi connectivity index (χ4v) is 4.90. The summed E-state index contributed by atoms with van der Waals surface area (Å²) in [4.78, 5) is 26.7. The lowest BCUT2D eigenvalue weighted by Gasteiger charge is -2.32. The van der Waals surface area contributed by atoms with Gasteiger partial charge in [0.15, 0.2) is 0 Å². The summed E-state index contributed by atoms with van der Waals surface area (Å²) in [6.45, 7) is 5.52. The molecule has 6 heteroatoms. The first kappa shape index (κ1) is 20.1. The van der Waals surface area contributed by atoms with Crippen LogP contribution in [-0.2, 0) is 9.53 Å². The van der Waals surface area contributed by atoms with Gasteiger partial charge < -0.3 is 10.1 Å². The maximum absolute atomic E-state index is 12.8. The second-order valence-electron chi connectivity index (χ2n) is 8.43. The van der Waals surface area contributed by atoms with Gasteiger partial charge >= 0.3 is 6.09 Å². The fourth-order valence-electron chi connectivity index (χ4n) is 3.75. The van der Waals surface area contributed by atoms with Crippen LogP contribution in [0.1, 0.15) is 57.9 Å². The molecule has 1 aromatic rings. The molecular weight excluding hydrogens is 360 g/mol. The van der Waals surface area contributed by atoms with E-state index in [-0.39, 0.29) is 11.9 Å². The number of thioether (sulfide) groups is 1. The molecular formula is C21H30N2O3S. The molecule has 0 bridgehead atoms. The normalized spacial score (nSPS) is 25.9. The van der Waals surface area contributed by atoms with Gasteiger partial charge in [-0.2, -0.15) is 0 Å². The van der Waals surface area contributed by atoms with Gasteiger partial charge in [0.1, 0.15) is 11.6 Å². The Morgan fingerprint density at radius 2 is 1.78 bits per heavy atom. The highest BCUT2D eigenvalue weighted by Crippen LogP contribution is 2.33. The van der Waals surface area contributed by atoms with Crippen molar-refractivity contribution in [3.63, 3.8) is 0 Å². The van der Waals surface area contributed by atoms with Crippen molar-refractivity contribution in [3.8, 4) is 0 Å². The van der Waals surface area contributed by atoms with E-state index in [4.69, 9.17) is 4.74 Å². The highest BCUT2D eigenvalue weighted by Gasteiger charge is 2.38. The van der Waals surface area contributed by atoms with Gasteiger partial charge in [0, 0.05) is 11.8 Å². The number of carbonyl (C=O) groups excluding carboxylic acids is 2. The van der Waals surface area contributed by atoms with Crippen molar-refractivity contribution in [2.45, 2.75) is 70.1 Å². The summed E-state index contributed by atoms with van der Waals surface area (Å²) in [7, 11) is 0. The lowest BCUT2D eigenvalue weighted by molar-refractivity contribution is -0.126. The van der Waals surface area contributed by atoms with E-state index in [1.165, 1.54) is 5.56 Å². The van der Waals surface area contributed by atoms with Crippen molar-refractivity contribution >= 4 is 23.8 Å². The number of amides is 2. The zero-order chi connectivity index (χ0) is 19.4. The van der Waals surface area contributed by atoms with Gasteiger partial charge in [0.25, 0.3) is 0 Å². The largest absolute Gasteiger partial charge is 0.444 e. The van der Waals surface area contributed by atoms with Gasteiger partial charge in [-0.1, -0.05) is 30.3 Å². The van der Waals surface area contributed by atoms with Gasteiger partial charge in [-0.25, -0.2) is 4.79 Å². The third kappa shape index (κ3) is 5.41. The maximum Gasteiger partial charge on any atom is 0.411 e. The predicted octanol–water partition coefficient (Wildman–Crippen LogP) is 4.14. The molecule has 1 aliphatic heterocycles. The van der Waals surface area contributed by atoms with Crippen LogP contribution in [0.5, 0.6) is 0 Å². The van der Waals surface area contributed by atoms with E-state index >= 15 is 0 Å². The monoisotopic (exact) mass is 390 g/mol. The Balaban J connectivity index is 1.51. The molecule has 148 valence electrons. The minimum Gasteiger partial charge on any atom is -0.444 e. The Hall–Kier alpha value is -1.69. The van der Waals surface area contributed by atoms with E-state index in [2.05, 4.69) is 29.6 Å². The molecule has 27 heavy (non-hydrogen) atoms. The first-order chi connectivity index (χ1) is 12.8. The molecule has 1 N–H and O–H groups in total. The number of ether oxygens (including phenoxy) is 1. The van der Waals surface area contributed by atoms with Crippen molar-refractivity contribution in [3.05, 3.63) is 35.9 Å². The molecule has 3 rings (SSSR count). The molecule has 0 radical (unpaired) electrons. The highest BCUT2D eigenvalue weighted by molar-refractivity contribution is 7.99. The van der Waals surface area contributed by atoms with Gasteiger partial charge in [0.05, 0.1) is 5.88 Å². The van der Waals surface area contributed by atoms with Crippen molar-refractivity contribution < 1.29 is 14.3 Å². The number of rotatable bonds is 3. The van der Waals surface area contributed by atoms with Crippen LogP contribution >= 0.6 is 11.8 Å². The molecule has 2 aliphatic rings. The summed E-state index contributed by atoms with van der Waals surface area (Å²) < 4.78 is 5.45. The third-order valence-electron chi connectivity index (χ3n) is 5.16. The van der Waals surface area contributed by atoms with Gasteiger partial charge in [-0.3, -0.25) is 9.69 Å². The Kier molecular flexibility index (Phi) is 6.35. The van der Waals surface area contributed by atoms with Crippen LogP contribution in [0, 0.1) is 0 Å². The topological polar surface area (TPSA) is 58.6 Å². The highest BCUT2D eigenvalue weighted by atomic mass is 32.2. The van der Waals surface area contributed by atoms with E-state index in [0.29, 0.717) is 17.5 Å². The van der Waals surface area contributed by atoms with Crippen LogP contribution in [0.4, 0.5) is 4.79 Å². The Bertz CT molecular complexity index is 651.